The highest BCUT2D eigenvalue weighted by atomic mass is 32.2. The van der Waals surface area contributed by atoms with Crippen molar-refractivity contribution in [2.75, 3.05) is 5.75 Å². The van der Waals surface area contributed by atoms with Gasteiger partial charge in [0.1, 0.15) is 5.01 Å². The molecule has 0 aliphatic carbocycles. The number of nitrogens with zero attached hydrogens (tertiary/aromatic N) is 1. The Morgan fingerprint density at radius 2 is 2.00 bits per heavy atom. The van der Waals surface area contributed by atoms with Gasteiger partial charge >= 0.3 is 0 Å². The van der Waals surface area contributed by atoms with Crippen molar-refractivity contribution in [1.82, 2.24) is 10.3 Å². The summed E-state index contributed by atoms with van der Waals surface area (Å²) in [4.78, 5) is 6.24. The summed E-state index contributed by atoms with van der Waals surface area (Å²) < 4.78 is 0. The van der Waals surface area contributed by atoms with E-state index in [4.69, 9.17) is 4.98 Å². The number of rotatable bonds is 8. The molecule has 0 aliphatic heterocycles. The maximum Gasteiger partial charge on any atom is 0.103 e. The highest BCUT2D eigenvalue weighted by molar-refractivity contribution is 7.98. The second kappa shape index (κ2) is 8.18. The summed E-state index contributed by atoms with van der Waals surface area (Å²) in [7, 11) is 0. The Morgan fingerprint density at radius 1 is 1.28 bits per heavy atom. The maximum atomic E-state index is 4.82. The predicted molar refractivity (Wildman–Crippen MR) is 84.6 cm³/mol. The lowest BCUT2D eigenvalue weighted by Gasteiger charge is -2.09. The van der Waals surface area contributed by atoms with E-state index in [-0.39, 0.29) is 0 Å². The molecule has 18 heavy (non-hydrogen) atoms. The Labute approximate surface area is 120 Å². The third kappa shape index (κ3) is 5.29. The van der Waals surface area contributed by atoms with E-state index in [2.05, 4.69) is 39.9 Å². The van der Waals surface area contributed by atoms with Gasteiger partial charge in [0.05, 0.1) is 5.69 Å². The minimum absolute atomic E-state index is 0.523. The van der Waals surface area contributed by atoms with Gasteiger partial charge in [-0.1, -0.05) is 34.6 Å². The van der Waals surface area contributed by atoms with Gasteiger partial charge in [-0.2, -0.15) is 11.8 Å². The molecule has 2 nitrogen and oxygen atoms in total. The number of aromatic nitrogens is 1. The van der Waals surface area contributed by atoms with Gasteiger partial charge in [0.15, 0.2) is 0 Å². The number of thiazole rings is 1. The van der Waals surface area contributed by atoms with E-state index < -0.39 is 0 Å². The van der Waals surface area contributed by atoms with Crippen LogP contribution >= 0.6 is 23.1 Å². The molecule has 1 rings (SSSR count). The molecule has 4 heteroatoms. The van der Waals surface area contributed by atoms with Crippen LogP contribution in [0.1, 0.15) is 62.5 Å². The normalized spacial score (nSPS) is 11.7. The summed E-state index contributed by atoms with van der Waals surface area (Å²) >= 11 is 3.88. The quantitative estimate of drug-likeness (QED) is 0.717. The molecule has 0 bridgehead atoms. The first-order valence-electron chi connectivity index (χ1n) is 6.84. The SMILES string of the molecule is CCCSCc1nc(C(C)C)c(CNC(C)C)s1. The minimum atomic E-state index is 0.523. The number of hydrogen-bond donors (Lipinski definition) is 1. The van der Waals surface area contributed by atoms with E-state index in [1.807, 2.05) is 23.1 Å². The molecule has 0 amide bonds. The lowest BCUT2D eigenvalue weighted by Crippen LogP contribution is -2.22. The van der Waals surface area contributed by atoms with Gasteiger partial charge in [-0.3, -0.25) is 0 Å². The van der Waals surface area contributed by atoms with E-state index in [1.54, 1.807) is 0 Å². The lowest BCUT2D eigenvalue weighted by atomic mass is 10.1. The monoisotopic (exact) mass is 286 g/mol. The highest BCUT2D eigenvalue weighted by Crippen LogP contribution is 2.27. The molecule has 0 spiro atoms. The fourth-order valence-corrected chi connectivity index (χ4v) is 3.78. The average Bonchev–Trinajstić information content (AvgIpc) is 2.70. The first kappa shape index (κ1) is 16.0. The second-order valence-corrected chi connectivity index (χ2v) is 7.43. The molecule has 1 aromatic rings. The van der Waals surface area contributed by atoms with Gasteiger partial charge in [0.25, 0.3) is 0 Å². The van der Waals surface area contributed by atoms with Crippen molar-refractivity contribution in [1.29, 1.82) is 0 Å². The summed E-state index contributed by atoms with van der Waals surface area (Å²) in [6, 6.07) is 0.532. The first-order chi connectivity index (χ1) is 8.54. The molecular formula is C14H26N2S2. The minimum Gasteiger partial charge on any atom is -0.310 e. The number of hydrogen-bond acceptors (Lipinski definition) is 4. The van der Waals surface area contributed by atoms with Gasteiger partial charge in [-0.25, -0.2) is 4.98 Å². The maximum absolute atomic E-state index is 4.82. The predicted octanol–water partition coefficient (Wildman–Crippen LogP) is 4.41. The molecule has 0 unspecified atom stereocenters. The van der Waals surface area contributed by atoms with E-state index in [1.165, 1.54) is 27.8 Å². The van der Waals surface area contributed by atoms with Gasteiger partial charge < -0.3 is 5.32 Å². The van der Waals surface area contributed by atoms with Crippen molar-refractivity contribution in [3.05, 3.63) is 15.6 Å². The zero-order valence-corrected chi connectivity index (χ0v) is 13.9. The van der Waals surface area contributed by atoms with E-state index in [0.29, 0.717) is 12.0 Å². The highest BCUT2D eigenvalue weighted by Gasteiger charge is 2.14. The fraction of sp³-hybridized carbons (Fsp3) is 0.786. The van der Waals surface area contributed by atoms with Crippen LogP contribution in [0.2, 0.25) is 0 Å². The Morgan fingerprint density at radius 3 is 2.56 bits per heavy atom. The molecule has 1 aromatic heterocycles. The topological polar surface area (TPSA) is 24.9 Å². The Kier molecular flexibility index (Phi) is 7.27. The van der Waals surface area contributed by atoms with Crippen LogP contribution in [0.15, 0.2) is 0 Å². The number of thioether (sulfide) groups is 1. The van der Waals surface area contributed by atoms with Crippen LogP contribution in [0.4, 0.5) is 0 Å². The molecule has 0 aromatic carbocycles. The molecule has 104 valence electrons. The van der Waals surface area contributed by atoms with Crippen LogP contribution in [0.25, 0.3) is 0 Å². The zero-order valence-electron chi connectivity index (χ0n) is 12.2. The van der Waals surface area contributed by atoms with Crippen molar-refractivity contribution in [3.63, 3.8) is 0 Å². The largest absolute Gasteiger partial charge is 0.310 e. The van der Waals surface area contributed by atoms with E-state index >= 15 is 0 Å². The summed E-state index contributed by atoms with van der Waals surface area (Å²) in [5.41, 5.74) is 1.29. The van der Waals surface area contributed by atoms with Gasteiger partial charge in [0, 0.05) is 23.2 Å². The Balaban J connectivity index is 2.67. The summed E-state index contributed by atoms with van der Waals surface area (Å²) in [5, 5.41) is 4.79. The van der Waals surface area contributed by atoms with Gasteiger partial charge in [0.2, 0.25) is 0 Å². The average molecular weight is 287 g/mol. The Bertz CT molecular complexity index is 346. The van der Waals surface area contributed by atoms with E-state index in [9.17, 15) is 0 Å². The summed E-state index contributed by atoms with van der Waals surface area (Å²) in [5.74, 6) is 2.82. The van der Waals surface area contributed by atoms with Crippen LogP contribution in [0, 0.1) is 0 Å². The lowest BCUT2D eigenvalue weighted by molar-refractivity contribution is 0.588. The Hall–Kier alpha value is -0.0600. The van der Waals surface area contributed by atoms with Crippen LogP contribution in [-0.2, 0) is 12.3 Å². The standard InChI is InChI=1S/C14H26N2S2/c1-6-7-17-9-13-16-14(10(2)3)12(18-13)8-15-11(4)5/h10-11,15H,6-9H2,1-5H3. The molecule has 0 fully saturated rings. The van der Waals surface area contributed by atoms with E-state index in [0.717, 1.165) is 12.3 Å². The third-order valence-electron chi connectivity index (χ3n) is 2.56. The van der Waals surface area contributed by atoms with Gasteiger partial charge in [-0.05, 0) is 18.1 Å². The first-order valence-corrected chi connectivity index (χ1v) is 8.81. The zero-order chi connectivity index (χ0) is 13.5. The molecule has 1 heterocycles. The number of nitrogens with one attached hydrogen (secondary N) is 1. The van der Waals surface area contributed by atoms with Crippen molar-refractivity contribution in [3.8, 4) is 0 Å². The van der Waals surface area contributed by atoms with Crippen LogP contribution in [-0.4, -0.2) is 16.8 Å². The van der Waals surface area contributed by atoms with Crippen molar-refractivity contribution in [2.45, 2.75) is 65.3 Å². The summed E-state index contributed by atoms with van der Waals surface area (Å²) in [6.07, 6.45) is 1.24. The second-order valence-electron chi connectivity index (χ2n) is 5.16. The van der Waals surface area contributed by atoms with Crippen LogP contribution in [0.3, 0.4) is 0 Å². The third-order valence-corrected chi connectivity index (χ3v) is 4.99. The summed E-state index contributed by atoms with van der Waals surface area (Å²) in [6.45, 7) is 12.0. The van der Waals surface area contributed by atoms with Crippen LogP contribution < -0.4 is 5.32 Å². The smallest absolute Gasteiger partial charge is 0.103 e. The van der Waals surface area contributed by atoms with Crippen molar-refractivity contribution < 1.29 is 0 Å². The molecule has 0 saturated heterocycles. The van der Waals surface area contributed by atoms with Crippen molar-refractivity contribution >= 4 is 23.1 Å². The molecule has 0 aliphatic rings. The fourth-order valence-electron chi connectivity index (χ4n) is 1.65. The van der Waals surface area contributed by atoms with Crippen LogP contribution in [0.5, 0.6) is 0 Å². The van der Waals surface area contributed by atoms with Crippen molar-refractivity contribution in [2.24, 2.45) is 0 Å². The van der Waals surface area contributed by atoms with Gasteiger partial charge in [-0.15, -0.1) is 11.3 Å². The molecule has 0 atom stereocenters. The molecule has 0 radical (unpaired) electrons. The molecule has 1 N–H and O–H groups in total. The molecule has 0 saturated carbocycles. The molecular weight excluding hydrogens is 260 g/mol.